The molecule has 1 aliphatic carbocycles. The molecule has 0 spiro atoms. The first-order valence-corrected chi connectivity index (χ1v) is 11.7. The van der Waals surface area contributed by atoms with Gasteiger partial charge in [-0.15, -0.1) is 0 Å². The van der Waals surface area contributed by atoms with Crippen LogP contribution < -0.4 is 4.72 Å². The molecule has 0 aliphatic heterocycles. The Bertz CT molecular complexity index is 890. The van der Waals surface area contributed by atoms with Gasteiger partial charge in [0.1, 0.15) is 5.82 Å². The molecule has 1 aliphatic rings. The van der Waals surface area contributed by atoms with Gasteiger partial charge < -0.3 is 0 Å². The summed E-state index contributed by atoms with van der Waals surface area (Å²) < 4.78 is 42.9. The Morgan fingerprint density at radius 3 is 2.43 bits per heavy atom. The summed E-state index contributed by atoms with van der Waals surface area (Å²) in [6.45, 7) is 3.77. The number of sulfonamides is 1. The summed E-state index contributed by atoms with van der Waals surface area (Å²) in [5.41, 5.74) is 2.22. The van der Waals surface area contributed by atoms with Gasteiger partial charge in [-0.3, -0.25) is 0 Å². The SMILES string of the molecule is Cc1ccc(C(CCc2ccccc2)NS(=O)(=O)CC2(C)CCCC2)cc1F. The van der Waals surface area contributed by atoms with Crippen LogP contribution in [0.15, 0.2) is 48.5 Å². The molecular weight excluding hydrogens is 373 g/mol. The summed E-state index contributed by atoms with van der Waals surface area (Å²) in [5, 5.41) is 0. The highest BCUT2D eigenvalue weighted by Gasteiger charge is 2.34. The molecule has 0 saturated heterocycles. The van der Waals surface area contributed by atoms with E-state index in [1.807, 2.05) is 36.4 Å². The maximum absolute atomic E-state index is 14.1. The molecule has 1 atom stereocenters. The van der Waals surface area contributed by atoms with Gasteiger partial charge in [-0.1, -0.05) is 62.2 Å². The Hall–Kier alpha value is -1.72. The van der Waals surface area contributed by atoms with E-state index in [0.717, 1.165) is 37.7 Å². The fourth-order valence-electron chi connectivity index (χ4n) is 4.17. The van der Waals surface area contributed by atoms with Gasteiger partial charge in [-0.05, 0) is 60.8 Å². The van der Waals surface area contributed by atoms with E-state index in [4.69, 9.17) is 0 Å². The number of benzene rings is 2. The van der Waals surface area contributed by atoms with E-state index in [1.165, 1.54) is 6.07 Å². The molecule has 0 radical (unpaired) electrons. The van der Waals surface area contributed by atoms with Crippen LogP contribution in [0.1, 0.15) is 61.8 Å². The molecule has 0 aromatic heterocycles. The molecule has 2 aromatic carbocycles. The lowest BCUT2D eigenvalue weighted by Crippen LogP contribution is -2.36. The Kier molecular flexibility index (Phi) is 6.56. The summed E-state index contributed by atoms with van der Waals surface area (Å²) in [6, 6.07) is 14.5. The average Bonchev–Trinajstić information content (AvgIpc) is 3.07. The minimum atomic E-state index is -3.47. The molecular formula is C23H30FNO2S. The summed E-state index contributed by atoms with van der Waals surface area (Å²) >= 11 is 0. The van der Waals surface area contributed by atoms with Gasteiger partial charge >= 0.3 is 0 Å². The highest BCUT2D eigenvalue weighted by atomic mass is 32.2. The van der Waals surface area contributed by atoms with Crippen LogP contribution in [0, 0.1) is 18.2 Å². The second kappa shape index (κ2) is 8.75. The van der Waals surface area contributed by atoms with Crippen molar-refractivity contribution in [2.24, 2.45) is 5.41 Å². The van der Waals surface area contributed by atoms with Crippen LogP contribution in [0.25, 0.3) is 0 Å². The van der Waals surface area contributed by atoms with Crippen molar-refractivity contribution in [2.45, 2.75) is 58.4 Å². The van der Waals surface area contributed by atoms with Crippen molar-refractivity contribution in [3.05, 3.63) is 71.0 Å². The number of nitrogens with one attached hydrogen (secondary N) is 1. The van der Waals surface area contributed by atoms with Crippen LogP contribution in [0.3, 0.4) is 0 Å². The van der Waals surface area contributed by atoms with Gasteiger partial charge in [0.25, 0.3) is 0 Å². The molecule has 1 fully saturated rings. The molecule has 1 unspecified atom stereocenters. The van der Waals surface area contributed by atoms with E-state index in [1.54, 1.807) is 13.0 Å². The van der Waals surface area contributed by atoms with Crippen molar-refractivity contribution >= 4 is 10.0 Å². The Morgan fingerprint density at radius 2 is 1.79 bits per heavy atom. The zero-order valence-electron chi connectivity index (χ0n) is 16.7. The molecule has 3 rings (SSSR count). The van der Waals surface area contributed by atoms with Crippen molar-refractivity contribution < 1.29 is 12.8 Å². The molecule has 28 heavy (non-hydrogen) atoms. The van der Waals surface area contributed by atoms with E-state index in [9.17, 15) is 12.8 Å². The second-order valence-electron chi connectivity index (χ2n) is 8.48. The average molecular weight is 404 g/mol. The molecule has 0 bridgehead atoms. The van der Waals surface area contributed by atoms with Gasteiger partial charge in [-0.25, -0.2) is 17.5 Å². The minimum Gasteiger partial charge on any atom is -0.212 e. The smallest absolute Gasteiger partial charge is 0.212 e. The third-order valence-corrected chi connectivity index (χ3v) is 7.55. The van der Waals surface area contributed by atoms with Crippen LogP contribution in [0.5, 0.6) is 0 Å². The summed E-state index contributed by atoms with van der Waals surface area (Å²) in [7, 11) is -3.47. The third-order valence-electron chi connectivity index (χ3n) is 5.83. The normalized spacial score (nSPS) is 17.5. The molecule has 0 amide bonds. The Labute approximate surface area is 168 Å². The Morgan fingerprint density at radius 1 is 1.11 bits per heavy atom. The summed E-state index contributed by atoms with van der Waals surface area (Å²) in [5.74, 6) is -0.167. The quantitative estimate of drug-likeness (QED) is 0.649. The zero-order valence-corrected chi connectivity index (χ0v) is 17.6. The van der Waals surface area contributed by atoms with Crippen LogP contribution in [0.4, 0.5) is 4.39 Å². The molecule has 1 saturated carbocycles. The van der Waals surface area contributed by atoms with E-state index in [0.29, 0.717) is 17.5 Å². The van der Waals surface area contributed by atoms with E-state index in [-0.39, 0.29) is 17.0 Å². The molecule has 1 N–H and O–H groups in total. The summed E-state index contributed by atoms with van der Waals surface area (Å²) in [4.78, 5) is 0. The lowest BCUT2D eigenvalue weighted by Gasteiger charge is -2.26. The summed E-state index contributed by atoms with van der Waals surface area (Å²) in [6.07, 6.45) is 5.38. The first kappa shape index (κ1) is 21.0. The highest BCUT2D eigenvalue weighted by Crippen LogP contribution is 2.38. The van der Waals surface area contributed by atoms with E-state index in [2.05, 4.69) is 11.6 Å². The molecule has 0 heterocycles. The first-order chi connectivity index (χ1) is 13.3. The van der Waals surface area contributed by atoms with Gasteiger partial charge in [0.15, 0.2) is 0 Å². The predicted molar refractivity (Wildman–Crippen MR) is 112 cm³/mol. The molecule has 152 valence electrons. The van der Waals surface area contributed by atoms with Crippen LogP contribution in [0.2, 0.25) is 0 Å². The van der Waals surface area contributed by atoms with Gasteiger partial charge in [-0.2, -0.15) is 0 Å². The lowest BCUT2D eigenvalue weighted by molar-refractivity contribution is 0.378. The largest absolute Gasteiger partial charge is 0.212 e. The lowest BCUT2D eigenvalue weighted by atomic mass is 9.92. The predicted octanol–water partition coefficient (Wildman–Crippen LogP) is 5.31. The Balaban J connectivity index is 1.79. The van der Waals surface area contributed by atoms with Crippen molar-refractivity contribution in [3.63, 3.8) is 0 Å². The standard InChI is InChI=1S/C23H30FNO2S/c1-18-10-12-20(16-21(18)24)22(13-11-19-8-4-3-5-9-19)25-28(26,27)17-23(2)14-6-7-15-23/h3-5,8-10,12,16,22,25H,6-7,11,13-15,17H2,1-2H3. The third kappa shape index (κ3) is 5.65. The van der Waals surface area contributed by atoms with Crippen molar-refractivity contribution in [2.75, 3.05) is 5.75 Å². The van der Waals surface area contributed by atoms with E-state index >= 15 is 0 Å². The first-order valence-electron chi connectivity index (χ1n) is 10.1. The van der Waals surface area contributed by atoms with Crippen LogP contribution in [-0.2, 0) is 16.4 Å². The molecule has 2 aromatic rings. The highest BCUT2D eigenvalue weighted by molar-refractivity contribution is 7.89. The van der Waals surface area contributed by atoms with Crippen molar-refractivity contribution in [3.8, 4) is 0 Å². The molecule has 5 heteroatoms. The maximum Gasteiger partial charge on any atom is 0.212 e. The maximum atomic E-state index is 14.1. The number of hydrogen-bond donors (Lipinski definition) is 1. The number of aryl methyl sites for hydroxylation is 2. The van der Waals surface area contributed by atoms with Gasteiger partial charge in [0.05, 0.1) is 5.75 Å². The van der Waals surface area contributed by atoms with Crippen molar-refractivity contribution in [1.29, 1.82) is 0 Å². The van der Waals surface area contributed by atoms with Crippen LogP contribution in [-0.4, -0.2) is 14.2 Å². The molecule has 3 nitrogen and oxygen atoms in total. The van der Waals surface area contributed by atoms with Crippen molar-refractivity contribution in [1.82, 2.24) is 4.72 Å². The monoisotopic (exact) mass is 403 g/mol. The minimum absolute atomic E-state index is 0.135. The fraction of sp³-hybridized carbons (Fsp3) is 0.478. The van der Waals surface area contributed by atoms with Crippen LogP contribution >= 0.6 is 0 Å². The second-order valence-corrected chi connectivity index (χ2v) is 10.2. The number of hydrogen-bond acceptors (Lipinski definition) is 2. The number of halogens is 1. The number of rotatable bonds is 8. The van der Waals surface area contributed by atoms with E-state index < -0.39 is 16.1 Å². The van der Waals surface area contributed by atoms with Gasteiger partial charge in [0, 0.05) is 6.04 Å². The zero-order chi connectivity index (χ0) is 20.2. The topological polar surface area (TPSA) is 46.2 Å². The fourth-order valence-corrected chi connectivity index (χ4v) is 6.14. The van der Waals surface area contributed by atoms with Gasteiger partial charge in [0.2, 0.25) is 10.0 Å².